The summed E-state index contributed by atoms with van der Waals surface area (Å²) in [7, 11) is 0. The normalized spacial score (nSPS) is 11.9. The predicted molar refractivity (Wildman–Crippen MR) is 105 cm³/mol. The van der Waals surface area contributed by atoms with E-state index in [4.69, 9.17) is 0 Å². The molecule has 0 aliphatic heterocycles. The minimum absolute atomic E-state index is 0.00651. The van der Waals surface area contributed by atoms with Gasteiger partial charge in [0.2, 0.25) is 11.8 Å². The molecule has 144 valence electrons. The third kappa shape index (κ3) is 6.20. The summed E-state index contributed by atoms with van der Waals surface area (Å²) in [6.45, 7) is 7.83. The lowest BCUT2D eigenvalue weighted by atomic mass is 10.1. The maximum atomic E-state index is 13.1. The molecule has 0 aliphatic carbocycles. The Hall–Kier alpha value is -2.69. The van der Waals surface area contributed by atoms with Crippen molar-refractivity contribution in [1.82, 2.24) is 10.2 Å². The summed E-state index contributed by atoms with van der Waals surface area (Å²) in [6, 6.07) is 13.1. The van der Waals surface area contributed by atoms with Gasteiger partial charge in [-0.2, -0.15) is 0 Å². The van der Waals surface area contributed by atoms with Crippen LogP contribution in [0.15, 0.2) is 48.5 Å². The lowest BCUT2D eigenvalue weighted by molar-refractivity contribution is -0.140. The van der Waals surface area contributed by atoms with E-state index in [2.05, 4.69) is 5.32 Å². The molecule has 0 bridgehead atoms. The van der Waals surface area contributed by atoms with Crippen molar-refractivity contribution in [1.29, 1.82) is 0 Å². The Morgan fingerprint density at radius 2 is 1.70 bits per heavy atom. The molecule has 0 saturated heterocycles. The second kappa shape index (κ2) is 9.31. The lowest BCUT2D eigenvalue weighted by Gasteiger charge is -2.29. The fourth-order valence-electron chi connectivity index (χ4n) is 2.87. The molecule has 2 rings (SSSR count). The zero-order valence-electron chi connectivity index (χ0n) is 16.3. The van der Waals surface area contributed by atoms with Crippen LogP contribution >= 0.6 is 0 Å². The highest BCUT2D eigenvalue weighted by molar-refractivity contribution is 5.88. The number of rotatable bonds is 7. The van der Waals surface area contributed by atoms with Gasteiger partial charge in [0.15, 0.2) is 0 Å². The van der Waals surface area contributed by atoms with E-state index in [0.717, 1.165) is 11.1 Å². The van der Waals surface area contributed by atoms with Crippen LogP contribution in [0.25, 0.3) is 0 Å². The van der Waals surface area contributed by atoms with Gasteiger partial charge in [-0.3, -0.25) is 9.59 Å². The van der Waals surface area contributed by atoms with Crippen LogP contribution in [0.4, 0.5) is 4.39 Å². The van der Waals surface area contributed by atoms with Crippen molar-refractivity contribution in [2.45, 2.75) is 52.7 Å². The molecule has 0 aliphatic rings. The fraction of sp³-hybridized carbons (Fsp3) is 0.364. The summed E-state index contributed by atoms with van der Waals surface area (Å²) in [5.74, 6) is -0.702. The molecule has 0 fully saturated rings. The molecule has 0 heterocycles. The average Bonchev–Trinajstić information content (AvgIpc) is 2.60. The molecule has 2 amide bonds. The van der Waals surface area contributed by atoms with Crippen LogP contribution in [0, 0.1) is 12.7 Å². The van der Waals surface area contributed by atoms with Crippen LogP contribution in [0.3, 0.4) is 0 Å². The molecule has 0 saturated carbocycles. The summed E-state index contributed by atoms with van der Waals surface area (Å²) < 4.78 is 13.1. The van der Waals surface area contributed by atoms with Crippen LogP contribution in [0.1, 0.15) is 37.5 Å². The zero-order chi connectivity index (χ0) is 20.0. The minimum Gasteiger partial charge on any atom is -0.352 e. The Balaban J connectivity index is 2.22. The third-order valence-electron chi connectivity index (χ3n) is 4.30. The number of nitrogens with one attached hydrogen (secondary N) is 1. The van der Waals surface area contributed by atoms with E-state index in [1.165, 1.54) is 12.1 Å². The van der Waals surface area contributed by atoms with E-state index >= 15 is 0 Å². The zero-order valence-corrected chi connectivity index (χ0v) is 16.3. The quantitative estimate of drug-likeness (QED) is 0.809. The molecule has 2 aromatic carbocycles. The number of nitrogens with zero attached hydrogens (tertiary/aromatic N) is 1. The van der Waals surface area contributed by atoms with Crippen LogP contribution in [-0.4, -0.2) is 28.8 Å². The van der Waals surface area contributed by atoms with Crippen molar-refractivity contribution in [3.63, 3.8) is 0 Å². The molecule has 5 heteroatoms. The van der Waals surface area contributed by atoms with E-state index in [0.29, 0.717) is 12.1 Å². The third-order valence-corrected chi connectivity index (χ3v) is 4.30. The van der Waals surface area contributed by atoms with Crippen molar-refractivity contribution >= 4 is 11.8 Å². The van der Waals surface area contributed by atoms with Gasteiger partial charge in [-0.25, -0.2) is 4.39 Å². The van der Waals surface area contributed by atoms with Gasteiger partial charge >= 0.3 is 0 Å². The van der Waals surface area contributed by atoms with Crippen LogP contribution < -0.4 is 5.32 Å². The molecule has 1 unspecified atom stereocenters. The molecular weight excluding hydrogens is 343 g/mol. The minimum atomic E-state index is -0.610. The molecule has 0 radical (unpaired) electrons. The lowest BCUT2D eigenvalue weighted by Crippen LogP contribution is -2.49. The first-order chi connectivity index (χ1) is 12.8. The number of aryl methyl sites for hydroxylation is 1. The van der Waals surface area contributed by atoms with Crippen LogP contribution in [0.2, 0.25) is 0 Å². The van der Waals surface area contributed by atoms with E-state index in [-0.39, 0.29) is 30.1 Å². The number of carbonyl (C=O) groups is 2. The maximum absolute atomic E-state index is 13.1. The van der Waals surface area contributed by atoms with Crippen molar-refractivity contribution in [3.8, 4) is 0 Å². The van der Waals surface area contributed by atoms with Crippen LogP contribution in [0.5, 0.6) is 0 Å². The topological polar surface area (TPSA) is 49.4 Å². The predicted octanol–water partition coefficient (Wildman–Crippen LogP) is 3.62. The molecule has 2 aromatic rings. The van der Waals surface area contributed by atoms with Crippen molar-refractivity contribution in [2.75, 3.05) is 0 Å². The maximum Gasteiger partial charge on any atom is 0.242 e. The first-order valence-corrected chi connectivity index (χ1v) is 9.16. The number of hydrogen-bond donors (Lipinski definition) is 1. The van der Waals surface area contributed by atoms with Crippen molar-refractivity contribution in [2.24, 2.45) is 0 Å². The van der Waals surface area contributed by atoms with E-state index < -0.39 is 6.04 Å². The Bertz CT molecular complexity index is 787. The Morgan fingerprint density at radius 3 is 2.30 bits per heavy atom. The first kappa shape index (κ1) is 20.6. The first-order valence-electron chi connectivity index (χ1n) is 9.16. The smallest absolute Gasteiger partial charge is 0.242 e. The van der Waals surface area contributed by atoms with Gasteiger partial charge in [-0.15, -0.1) is 0 Å². The number of benzene rings is 2. The van der Waals surface area contributed by atoms with Gasteiger partial charge < -0.3 is 10.2 Å². The highest BCUT2D eigenvalue weighted by Crippen LogP contribution is 2.14. The Kier molecular flexibility index (Phi) is 7.11. The van der Waals surface area contributed by atoms with Crippen LogP contribution in [-0.2, 0) is 22.6 Å². The van der Waals surface area contributed by atoms with Crippen molar-refractivity contribution < 1.29 is 14.0 Å². The van der Waals surface area contributed by atoms with E-state index in [1.54, 1.807) is 24.0 Å². The Labute approximate surface area is 160 Å². The summed E-state index contributed by atoms with van der Waals surface area (Å²) in [5.41, 5.74) is 2.77. The second-order valence-corrected chi connectivity index (χ2v) is 7.15. The van der Waals surface area contributed by atoms with E-state index in [9.17, 15) is 14.0 Å². The molecule has 27 heavy (non-hydrogen) atoms. The number of halogens is 1. The standard InChI is InChI=1S/C22H27FN2O2/c1-15(2)24-22(27)17(4)25(14-19-7-5-6-16(3)12-19)21(26)13-18-8-10-20(23)11-9-18/h5-12,15,17H,13-14H2,1-4H3,(H,24,27). The average molecular weight is 370 g/mol. The molecule has 4 nitrogen and oxygen atoms in total. The van der Waals surface area contributed by atoms with Gasteiger partial charge in [-0.05, 0) is 51.0 Å². The number of hydrogen-bond acceptors (Lipinski definition) is 2. The van der Waals surface area contributed by atoms with Gasteiger partial charge in [0, 0.05) is 12.6 Å². The molecule has 1 atom stereocenters. The van der Waals surface area contributed by atoms with Gasteiger partial charge in [0.25, 0.3) is 0 Å². The van der Waals surface area contributed by atoms with Gasteiger partial charge in [0.05, 0.1) is 6.42 Å². The molecule has 1 N–H and O–H groups in total. The second-order valence-electron chi connectivity index (χ2n) is 7.15. The highest BCUT2D eigenvalue weighted by atomic mass is 19.1. The van der Waals surface area contributed by atoms with E-state index in [1.807, 2.05) is 45.0 Å². The summed E-state index contributed by atoms with van der Waals surface area (Å²) >= 11 is 0. The molecule has 0 aromatic heterocycles. The monoisotopic (exact) mass is 370 g/mol. The Morgan fingerprint density at radius 1 is 1.04 bits per heavy atom. The van der Waals surface area contributed by atoms with Crippen molar-refractivity contribution in [3.05, 3.63) is 71.0 Å². The number of amides is 2. The highest BCUT2D eigenvalue weighted by Gasteiger charge is 2.26. The summed E-state index contributed by atoms with van der Waals surface area (Å²) in [6.07, 6.45) is 0.116. The summed E-state index contributed by atoms with van der Waals surface area (Å²) in [5, 5.41) is 2.86. The molecule has 0 spiro atoms. The fourth-order valence-corrected chi connectivity index (χ4v) is 2.87. The summed E-state index contributed by atoms with van der Waals surface area (Å²) in [4.78, 5) is 27.0. The van der Waals surface area contributed by atoms with Gasteiger partial charge in [-0.1, -0.05) is 42.0 Å². The SMILES string of the molecule is Cc1cccc(CN(C(=O)Cc2ccc(F)cc2)C(C)C(=O)NC(C)C)c1. The largest absolute Gasteiger partial charge is 0.352 e. The molecular formula is C22H27FN2O2. The van der Waals surface area contributed by atoms with Gasteiger partial charge in [0.1, 0.15) is 11.9 Å². The number of carbonyl (C=O) groups excluding carboxylic acids is 2.